The monoisotopic (exact) mass is 143 g/mol. The fraction of sp³-hybridized carbons (Fsp3) is 0.750. The number of nitrogens with two attached hydrogens (primary N) is 1. The van der Waals surface area contributed by atoms with E-state index in [9.17, 15) is 0 Å². The number of ether oxygens (including phenoxy) is 1. The first-order valence-electron chi connectivity index (χ1n) is 3.51. The van der Waals surface area contributed by atoms with Gasteiger partial charge >= 0.3 is 0 Å². The van der Waals surface area contributed by atoms with E-state index < -0.39 is 0 Å². The second-order valence-corrected chi connectivity index (χ2v) is 2.72. The Kier molecular flexibility index (Phi) is 4.32. The first-order valence-corrected chi connectivity index (χ1v) is 3.51. The summed E-state index contributed by atoms with van der Waals surface area (Å²) in [5, 5.41) is 0. The van der Waals surface area contributed by atoms with Gasteiger partial charge in [0.1, 0.15) is 0 Å². The molecule has 2 unspecified atom stereocenters. The van der Waals surface area contributed by atoms with E-state index in [0.717, 1.165) is 5.57 Å². The number of hydrogen-bond acceptors (Lipinski definition) is 2. The van der Waals surface area contributed by atoms with Gasteiger partial charge in [-0.25, -0.2) is 0 Å². The second kappa shape index (κ2) is 4.47. The first-order chi connectivity index (χ1) is 4.63. The van der Waals surface area contributed by atoms with E-state index >= 15 is 0 Å². The van der Waals surface area contributed by atoms with E-state index in [0.29, 0.717) is 12.5 Å². The lowest BCUT2D eigenvalue weighted by Gasteiger charge is -2.20. The van der Waals surface area contributed by atoms with Crippen molar-refractivity contribution in [3.63, 3.8) is 0 Å². The van der Waals surface area contributed by atoms with E-state index in [4.69, 9.17) is 10.5 Å². The summed E-state index contributed by atoms with van der Waals surface area (Å²) in [7, 11) is 1.69. The van der Waals surface area contributed by atoms with Gasteiger partial charge in [0.15, 0.2) is 0 Å². The van der Waals surface area contributed by atoms with Crippen molar-refractivity contribution in [1.29, 1.82) is 0 Å². The van der Waals surface area contributed by atoms with Crippen molar-refractivity contribution in [2.75, 3.05) is 13.7 Å². The summed E-state index contributed by atoms with van der Waals surface area (Å²) in [5.74, 6) is 0.363. The van der Waals surface area contributed by atoms with Crippen molar-refractivity contribution < 1.29 is 4.74 Å². The molecule has 0 heterocycles. The van der Waals surface area contributed by atoms with Crippen LogP contribution >= 0.6 is 0 Å². The molecule has 2 nitrogen and oxygen atoms in total. The summed E-state index contributed by atoms with van der Waals surface area (Å²) in [4.78, 5) is 0. The Balaban J connectivity index is 3.92. The highest BCUT2D eigenvalue weighted by atomic mass is 16.5. The topological polar surface area (TPSA) is 35.2 Å². The van der Waals surface area contributed by atoms with Crippen molar-refractivity contribution in [3.05, 3.63) is 12.2 Å². The molecule has 60 valence electrons. The van der Waals surface area contributed by atoms with Crippen LogP contribution in [0.3, 0.4) is 0 Å². The van der Waals surface area contributed by atoms with Gasteiger partial charge in [0.2, 0.25) is 0 Å². The Labute approximate surface area is 63.1 Å². The zero-order chi connectivity index (χ0) is 8.15. The smallest absolute Gasteiger partial charge is 0.0813 e. The maximum Gasteiger partial charge on any atom is 0.0813 e. The molecule has 0 saturated carbocycles. The minimum atomic E-state index is 0.116. The van der Waals surface area contributed by atoms with Crippen LogP contribution in [0.15, 0.2) is 12.2 Å². The quantitative estimate of drug-likeness (QED) is 0.600. The summed E-state index contributed by atoms with van der Waals surface area (Å²) in [6.45, 7) is 8.48. The fourth-order valence-corrected chi connectivity index (χ4v) is 1.04. The molecule has 10 heavy (non-hydrogen) atoms. The fourth-order valence-electron chi connectivity index (χ4n) is 1.04. The molecule has 0 amide bonds. The molecule has 0 aliphatic rings. The lowest BCUT2D eigenvalue weighted by molar-refractivity contribution is 0.0906. The van der Waals surface area contributed by atoms with Crippen LogP contribution < -0.4 is 5.73 Å². The van der Waals surface area contributed by atoms with Gasteiger partial charge in [-0.15, -0.1) is 0 Å². The largest absolute Gasteiger partial charge is 0.377 e. The third-order valence-corrected chi connectivity index (χ3v) is 1.63. The maximum atomic E-state index is 5.47. The molecule has 0 aromatic heterocycles. The molecule has 0 aliphatic heterocycles. The van der Waals surface area contributed by atoms with E-state index in [2.05, 4.69) is 13.5 Å². The Morgan fingerprint density at radius 1 is 1.70 bits per heavy atom. The Hall–Kier alpha value is -0.340. The van der Waals surface area contributed by atoms with Gasteiger partial charge in [0.05, 0.1) is 6.10 Å². The highest BCUT2D eigenvalue weighted by Gasteiger charge is 2.14. The van der Waals surface area contributed by atoms with Crippen molar-refractivity contribution >= 4 is 0 Å². The van der Waals surface area contributed by atoms with Crippen molar-refractivity contribution in [2.45, 2.75) is 20.0 Å². The average Bonchev–Trinajstić information content (AvgIpc) is 1.88. The molecular formula is C8H17NO. The van der Waals surface area contributed by atoms with Crippen molar-refractivity contribution in [2.24, 2.45) is 11.7 Å². The van der Waals surface area contributed by atoms with Crippen molar-refractivity contribution in [1.82, 2.24) is 0 Å². The van der Waals surface area contributed by atoms with E-state index in [1.54, 1.807) is 7.11 Å². The predicted octanol–water partition coefficient (Wildman–Crippen LogP) is 1.17. The SMILES string of the molecule is C=C(C)C(OC)C(C)CN. The summed E-state index contributed by atoms with van der Waals surface area (Å²) >= 11 is 0. The molecule has 2 N–H and O–H groups in total. The molecule has 0 aromatic rings. The zero-order valence-electron chi connectivity index (χ0n) is 7.05. The van der Waals surface area contributed by atoms with Crippen LogP contribution in [-0.2, 0) is 4.74 Å². The molecule has 0 bridgehead atoms. The number of methoxy groups -OCH3 is 1. The molecule has 0 aliphatic carbocycles. The second-order valence-electron chi connectivity index (χ2n) is 2.72. The molecule has 2 atom stereocenters. The minimum absolute atomic E-state index is 0.116. The van der Waals surface area contributed by atoms with E-state index in [1.807, 2.05) is 6.92 Å². The summed E-state index contributed by atoms with van der Waals surface area (Å²) < 4.78 is 5.18. The van der Waals surface area contributed by atoms with Gasteiger partial charge in [-0.1, -0.05) is 19.1 Å². The third-order valence-electron chi connectivity index (χ3n) is 1.63. The number of rotatable bonds is 4. The van der Waals surface area contributed by atoms with Crippen LogP contribution in [0.5, 0.6) is 0 Å². The maximum absolute atomic E-state index is 5.47. The van der Waals surface area contributed by atoms with Crippen LogP contribution in [0.4, 0.5) is 0 Å². The molecule has 0 spiro atoms. The Morgan fingerprint density at radius 2 is 2.20 bits per heavy atom. The van der Waals surface area contributed by atoms with Gasteiger partial charge in [0, 0.05) is 7.11 Å². The highest BCUT2D eigenvalue weighted by Crippen LogP contribution is 2.12. The Morgan fingerprint density at radius 3 is 2.30 bits per heavy atom. The van der Waals surface area contributed by atoms with Crippen LogP contribution in [-0.4, -0.2) is 19.8 Å². The molecule has 0 aromatic carbocycles. The molecular weight excluding hydrogens is 126 g/mol. The molecule has 2 heteroatoms. The van der Waals surface area contributed by atoms with Crippen LogP contribution in [0.2, 0.25) is 0 Å². The van der Waals surface area contributed by atoms with E-state index in [1.165, 1.54) is 0 Å². The highest BCUT2D eigenvalue weighted by molar-refractivity contribution is 4.99. The standard InChI is InChI=1S/C8H17NO/c1-6(2)8(10-4)7(3)5-9/h7-8H,1,5,9H2,2-4H3. The average molecular weight is 143 g/mol. The lowest BCUT2D eigenvalue weighted by atomic mass is 10.00. The summed E-state index contributed by atoms with van der Waals surface area (Å²) in [5.41, 5.74) is 6.51. The normalized spacial score (nSPS) is 16.4. The van der Waals surface area contributed by atoms with Crippen LogP contribution in [0.1, 0.15) is 13.8 Å². The van der Waals surface area contributed by atoms with Gasteiger partial charge in [-0.2, -0.15) is 0 Å². The van der Waals surface area contributed by atoms with E-state index in [-0.39, 0.29) is 6.10 Å². The third kappa shape index (κ3) is 2.50. The minimum Gasteiger partial charge on any atom is -0.377 e. The Bertz CT molecular complexity index is 112. The van der Waals surface area contributed by atoms with Gasteiger partial charge in [-0.3, -0.25) is 0 Å². The zero-order valence-corrected chi connectivity index (χ0v) is 7.05. The molecule has 0 saturated heterocycles. The molecule has 0 fully saturated rings. The summed E-state index contributed by atoms with van der Waals surface area (Å²) in [6, 6.07) is 0. The first kappa shape index (κ1) is 9.66. The lowest BCUT2D eigenvalue weighted by Crippen LogP contribution is -2.27. The predicted molar refractivity (Wildman–Crippen MR) is 43.8 cm³/mol. The van der Waals surface area contributed by atoms with Crippen LogP contribution in [0.25, 0.3) is 0 Å². The van der Waals surface area contributed by atoms with Gasteiger partial charge < -0.3 is 10.5 Å². The number of hydrogen-bond donors (Lipinski definition) is 1. The van der Waals surface area contributed by atoms with Gasteiger partial charge in [0.25, 0.3) is 0 Å². The van der Waals surface area contributed by atoms with Crippen molar-refractivity contribution in [3.8, 4) is 0 Å². The molecule has 0 rings (SSSR count). The summed E-state index contributed by atoms with van der Waals surface area (Å²) in [6.07, 6.45) is 0.116. The molecule has 0 radical (unpaired) electrons. The van der Waals surface area contributed by atoms with Gasteiger partial charge in [-0.05, 0) is 19.4 Å². The van der Waals surface area contributed by atoms with Crippen LogP contribution in [0, 0.1) is 5.92 Å².